The fourth-order valence-electron chi connectivity index (χ4n) is 5.53. The smallest absolute Gasteiger partial charge is 0.329 e. The van der Waals surface area contributed by atoms with Gasteiger partial charge in [-0.15, -0.1) is 10.2 Å². The summed E-state index contributed by atoms with van der Waals surface area (Å²) in [5, 5.41) is 14.7. The first-order chi connectivity index (χ1) is 18.2. The van der Waals surface area contributed by atoms with Crippen LogP contribution in [0.4, 0.5) is 0 Å². The van der Waals surface area contributed by atoms with Gasteiger partial charge in [0.15, 0.2) is 0 Å². The number of H-pyrrole nitrogens is 1. The van der Waals surface area contributed by atoms with Gasteiger partial charge >= 0.3 is 5.69 Å². The summed E-state index contributed by atoms with van der Waals surface area (Å²) in [6.07, 6.45) is 14.2. The number of methoxy groups -OCH3 is 1. The lowest BCUT2D eigenvalue weighted by molar-refractivity contribution is 0.0500. The molecule has 0 saturated heterocycles. The Balaban J connectivity index is 1.57. The molecule has 5 rings (SSSR count). The molecule has 194 valence electrons. The first-order valence-electron chi connectivity index (χ1n) is 13.3. The Morgan fingerprint density at radius 1 is 1.08 bits per heavy atom. The van der Waals surface area contributed by atoms with Crippen LogP contribution in [0, 0.1) is 0 Å². The summed E-state index contributed by atoms with van der Waals surface area (Å²) in [7, 11) is 1.77. The quantitative estimate of drug-likeness (QED) is 0.330. The summed E-state index contributed by atoms with van der Waals surface area (Å²) in [6.45, 7) is 2.62. The number of unbranched alkanes of at least 4 members (excludes halogenated alkanes) is 1. The number of tetrazole rings is 1. The van der Waals surface area contributed by atoms with Crippen LogP contribution >= 0.6 is 0 Å². The van der Waals surface area contributed by atoms with Gasteiger partial charge in [-0.05, 0) is 53.7 Å². The number of benzene rings is 1. The summed E-state index contributed by atoms with van der Waals surface area (Å²) >= 11 is 0. The summed E-state index contributed by atoms with van der Waals surface area (Å²) < 4.78 is 9.76. The maximum absolute atomic E-state index is 13.9. The molecule has 1 aliphatic rings. The number of nitrogens with one attached hydrogen (secondary N) is 1. The first kappa shape index (κ1) is 25.1. The van der Waals surface area contributed by atoms with E-state index in [0.717, 1.165) is 72.9 Å². The number of aryl methyl sites for hydroxylation is 1. The minimum atomic E-state index is 0.0290. The van der Waals surface area contributed by atoms with Gasteiger partial charge in [0, 0.05) is 37.0 Å². The zero-order valence-corrected chi connectivity index (χ0v) is 21.6. The van der Waals surface area contributed by atoms with Crippen molar-refractivity contribution in [2.24, 2.45) is 0 Å². The van der Waals surface area contributed by atoms with Crippen molar-refractivity contribution in [1.82, 2.24) is 34.7 Å². The Kier molecular flexibility index (Phi) is 7.89. The Labute approximate surface area is 216 Å². The zero-order chi connectivity index (χ0) is 25.6. The van der Waals surface area contributed by atoms with Crippen molar-refractivity contribution in [3.8, 4) is 22.5 Å². The normalized spacial score (nSPS) is 18.1. The Hall–Kier alpha value is -3.59. The van der Waals surface area contributed by atoms with Gasteiger partial charge in [-0.1, -0.05) is 56.9 Å². The molecule has 0 spiro atoms. The maximum Gasteiger partial charge on any atom is 0.329 e. The average molecular weight is 502 g/mol. The summed E-state index contributed by atoms with van der Waals surface area (Å²) in [4.78, 5) is 18.4. The molecule has 9 nitrogen and oxygen atoms in total. The van der Waals surface area contributed by atoms with Crippen LogP contribution < -0.4 is 5.69 Å². The molecule has 1 aromatic carbocycles. The molecule has 1 saturated carbocycles. The van der Waals surface area contributed by atoms with Gasteiger partial charge in [-0.2, -0.15) is 5.21 Å². The molecule has 0 bridgehead atoms. The lowest BCUT2D eigenvalue weighted by atomic mass is 9.96. The van der Waals surface area contributed by atoms with Crippen molar-refractivity contribution < 1.29 is 4.74 Å². The van der Waals surface area contributed by atoms with Crippen molar-refractivity contribution in [1.29, 1.82) is 0 Å². The number of ether oxygens (including phenoxy) is 1. The third-order valence-electron chi connectivity index (χ3n) is 7.49. The molecule has 9 heteroatoms. The van der Waals surface area contributed by atoms with Crippen molar-refractivity contribution >= 4 is 0 Å². The third-order valence-corrected chi connectivity index (χ3v) is 7.49. The predicted octanol–water partition coefficient (Wildman–Crippen LogP) is 4.80. The first-order valence-corrected chi connectivity index (χ1v) is 13.3. The van der Waals surface area contributed by atoms with E-state index >= 15 is 0 Å². The van der Waals surface area contributed by atoms with Crippen LogP contribution in [0.1, 0.15) is 69.2 Å². The number of hydrogen-bond donors (Lipinski definition) is 1. The molecule has 1 aliphatic carbocycles. The van der Waals surface area contributed by atoms with Crippen molar-refractivity contribution in [2.45, 2.75) is 77.0 Å². The van der Waals surface area contributed by atoms with Crippen LogP contribution in [0.5, 0.6) is 0 Å². The van der Waals surface area contributed by atoms with Crippen LogP contribution in [0.15, 0.2) is 53.7 Å². The number of pyridine rings is 1. The molecule has 1 fully saturated rings. The standard InChI is InChI=1S/C28H35N7O2/c1-3-4-10-21-19-35(25-13-6-5-7-14-26(25)37-2)28(36)34(21)18-20-17-29-16-15-22(20)23-11-8-9-12-24(23)27-30-32-33-31-27/h8-9,11-12,15-17,19,25-26H,3-7,10,13-14,18H2,1-2H3,(H,30,31,32,33). The molecular formula is C28H35N7O2. The van der Waals surface area contributed by atoms with E-state index in [9.17, 15) is 4.79 Å². The lowest BCUT2D eigenvalue weighted by Crippen LogP contribution is -2.34. The molecule has 3 heterocycles. The number of nitrogens with zero attached hydrogens (tertiary/aromatic N) is 6. The topological polar surface area (TPSA) is 104 Å². The second-order valence-corrected chi connectivity index (χ2v) is 9.79. The summed E-state index contributed by atoms with van der Waals surface area (Å²) in [6, 6.07) is 10.0. The van der Waals surface area contributed by atoms with Gasteiger partial charge in [0.2, 0.25) is 5.82 Å². The molecule has 2 unspecified atom stereocenters. The second kappa shape index (κ2) is 11.6. The lowest BCUT2D eigenvalue weighted by Gasteiger charge is -2.24. The van der Waals surface area contributed by atoms with Crippen molar-refractivity contribution in [3.63, 3.8) is 0 Å². The van der Waals surface area contributed by atoms with E-state index in [1.165, 1.54) is 6.42 Å². The van der Waals surface area contributed by atoms with E-state index in [1.807, 2.05) is 45.7 Å². The number of aromatic amines is 1. The summed E-state index contributed by atoms with van der Waals surface area (Å²) in [5.41, 5.74) is 4.92. The number of rotatable bonds is 9. The fraction of sp³-hybridized carbons (Fsp3) is 0.464. The van der Waals surface area contributed by atoms with Crippen LogP contribution in [0.2, 0.25) is 0 Å². The van der Waals surface area contributed by atoms with E-state index in [2.05, 4.69) is 38.7 Å². The largest absolute Gasteiger partial charge is 0.379 e. The Morgan fingerprint density at radius 3 is 2.70 bits per heavy atom. The highest BCUT2D eigenvalue weighted by atomic mass is 16.5. The van der Waals surface area contributed by atoms with Gasteiger partial charge in [0.05, 0.1) is 18.7 Å². The molecule has 1 N–H and O–H groups in total. The van der Waals surface area contributed by atoms with E-state index in [4.69, 9.17) is 4.74 Å². The van der Waals surface area contributed by atoms with E-state index in [-0.39, 0.29) is 17.8 Å². The van der Waals surface area contributed by atoms with Gasteiger partial charge in [-0.25, -0.2) is 4.79 Å². The molecule has 37 heavy (non-hydrogen) atoms. The van der Waals surface area contributed by atoms with Crippen molar-refractivity contribution in [2.75, 3.05) is 7.11 Å². The van der Waals surface area contributed by atoms with Crippen LogP contribution in [-0.2, 0) is 17.7 Å². The second-order valence-electron chi connectivity index (χ2n) is 9.79. The molecule has 0 amide bonds. The molecule has 0 aliphatic heterocycles. The van der Waals surface area contributed by atoms with Crippen LogP contribution in [-0.4, -0.2) is 48.0 Å². The number of imidazole rings is 1. The highest BCUT2D eigenvalue weighted by Gasteiger charge is 2.28. The van der Waals surface area contributed by atoms with E-state index < -0.39 is 0 Å². The third kappa shape index (κ3) is 5.27. The van der Waals surface area contributed by atoms with Gasteiger partial charge < -0.3 is 4.74 Å². The Morgan fingerprint density at radius 2 is 1.92 bits per heavy atom. The highest BCUT2D eigenvalue weighted by Crippen LogP contribution is 2.33. The number of aromatic nitrogens is 7. The fourth-order valence-corrected chi connectivity index (χ4v) is 5.53. The highest BCUT2D eigenvalue weighted by molar-refractivity contribution is 5.81. The molecule has 0 radical (unpaired) electrons. The van der Waals surface area contributed by atoms with Gasteiger partial charge in [-0.3, -0.25) is 14.1 Å². The van der Waals surface area contributed by atoms with Gasteiger partial charge in [0.25, 0.3) is 0 Å². The van der Waals surface area contributed by atoms with E-state index in [1.54, 1.807) is 13.3 Å². The van der Waals surface area contributed by atoms with Crippen LogP contribution in [0.25, 0.3) is 22.5 Å². The average Bonchev–Trinajstić information content (AvgIpc) is 3.50. The number of hydrogen-bond acceptors (Lipinski definition) is 6. The minimum Gasteiger partial charge on any atom is -0.379 e. The maximum atomic E-state index is 13.9. The SMILES string of the molecule is CCCCc1cn(C2CCCCCC2OC)c(=O)n1Cc1cnccc1-c1ccccc1-c1nn[nH]n1. The molecule has 2 atom stereocenters. The Bertz CT molecular complexity index is 1360. The monoisotopic (exact) mass is 501 g/mol. The van der Waals surface area contributed by atoms with E-state index in [0.29, 0.717) is 12.4 Å². The predicted molar refractivity (Wildman–Crippen MR) is 142 cm³/mol. The van der Waals surface area contributed by atoms with Crippen molar-refractivity contribution in [3.05, 3.63) is 70.7 Å². The minimum absolute atomic E-state index is 0.0290. The molecular weight excluding hydrogens is 466 g/mol. The molecule has 4 aromatic rings. The summed E-state index contributed by atoms with van der Waals surface area (Å²) in [5.74, 6) is 0.532. The molecule has 3 aromatic heterocycles. The zero-order valence-electron chi connectivity index (χ0n) is 21.6. The van der Waals surface area contributed by atoms with Gasteiger partial charge in [0.1, 0.15) is 0 Å². The van der Waals surface area contributed by atoms with Crippen LogP contribution in [0.3, 0.4) is 0 Å².